The number of amides is 2. The Kier molecular flexibility index (Phi) is 8.46. The molecule has 1 rings (SSSR count). The third kappa shape index (κ3) is 6.63. The molecule has 1 unspecified atom stereocenters. The maximum Gasteiger partial charge on any atom is 0.225 e. The van der Waals surface area contributed by atoms with Gasteiger partial charge in [0.15, 0.2) is 0 Å². The van der Waals surface area contributed by atoms with Gasteiger partial charge in [0, 0.05) is 23.3 Å². The van der Waals surface area contributed by atoms with Crippen LogP contribution in [0.4, 0.5) is 0 Å². The first-order valence-electron chi connectivity index (χ1n) is 8.90. The van der Waals surface area contributed by atoms with E-state index in [1.807, 2.05) is 26.8 Å². The van der Waals surface area contributed by atoms with Crippen LogP contribution in [0.2, 0.25) is 0 Å². The molecule has 1 aromatic rings. The van der Waals surface area contributed by atoms with Gasteiger partial charge in [-0.1, -0.05) is 53.5 Å². The van der Waals surface area contributed by atoms with Gasteiger partial charge in [-0.25, -0.2) is 0 Å². The van der Waals surface area contributed by atoms with Gasteiger partial charge in [-0.2, -0.15) is 0 Å². The van der Waals surface area contributed by atoms with Crippen LogP contribution in [0, 0.1) is 11.3 Å². The molecule has 1 atom stereocenters. The lowest BCUT2D eigenvalue weighted by Gasteiger charge is -2.25. The Balaban J connectivity index is 2.47. The number of nitrogens with one attached hydrogen (secondary N) is 2. The van der Waals surface area contributed by atoms with Gasteiger partial charge in [-0.3, -0.25) is 9.59 Å². The molecule has 4 nitrogen and oxygen atoms in total. The van der Waals surface area contributed by atoms with Gasteiger partial charge in [0.2, 0.25) is 11.8 Å². The fourth-order valence-corrected chi connectivity index (χ4v) is 3.48. The topological polar surface area (TPSA) is 58.2 Å². The van der Waals surface area contributed by atoms with Crippen LogP contribution in [-0.2, 0) is 9.59 Å². The third-order valence-corrected chi connectivity index (χ3v) is 5.19. The molecule has 0 spiro atoms. The summed E-state index contributed by atoms with van der Waals surface area (Å²) in [5, 5.41) is 8.14. The van der Waals surface area contributed by atoms with Gasteiger partial charge >= 0.3 is 0 Å². The summed E-state index contributed by atoms with van der Waals surface area (Å²) in [7, 11) is 0. The van der Waals surface area contributed by atoms with E-state index in [0.29, 0.717) is 25.3 Å². The first-order valence-corrected chi connectivity index (χ1v) is 9.78. The molecule has 5 heteroatoms. The maximum absolute atomic E-state index is 12.3. The molecular weight excluding hydrogens is 320 g/mol. The van der Waals surface area contributed by atoms with Crippen LogP contribution in [-0.4, -0.2) is 18.4 Å². The standard InChI is InChI=1S/C19H32N2O2S/c1-6-14(7-2)17(15-10-9-13-24-15)21-16(22)11-8-12-20-18(23)19(3,4)5/h9-10,13-14,17H,6-8,11-12H2,1-5H3,(H,20,23)(H,21,22). The molecule has 0 aliphatic rings. The molecule has 1 heterocycles. The summed E-state index contributed by atoms with van der Waals surface area (Å²) in [5.74, 6) is 0.537. The highest BCUT2D eigenvalue weighted by atomic mass is 32.1. The SMILES string of the molecule is CCC(CC)C(NC(=O)CCCNC(=O)C(C)(C)C)c1cccs1. The minimum Gasteiger partial charge on any atom is -0.356 e. The van der Waals surface area contributed by atoms with Crippen LogP contribution in [0.1, 0.15) is 71.2 Å². The molecule has 24 heavy (non-hydrogen) atoms. The average molecular weight is 353 g/mol. The second-order valence-corrected chi connectivity index (χ2v) is 8.23. The van der Waals surface area contributed by atoms with Gasteiger partial charge in [0.25, 0.3) is 0 Å². The van der Waals surface area contributed by atoms with Crippen LogP contribution in [0.3, 0.4) is 0 Å². The minimum absolute atomic E-state index is 0.0244. The first-order chi connectivity index (χ1) is 11.3. The van der Waals surface area contributed by atoms with Crippen molar-refractivity contribution in [3.8, 4) is 0 Å². The third-order valence-electron chi connectivity index (χ3n) is 4.23. The van der Waals surface area contributed by atoms with Gasteiger partial charge in [0.05, 0.1) is 6.04 Å². The molecule has 2 amide bonds. The van der Waals surface area contributed by atoms with E-state index in [4.69, 9.17) is 0 Å². The predicted octanol–water partition coefficient (Wildman–Crippen LogP) is 4.28. The Morgan fingerprint density at radius 3 is 2.38 bits per heavy atom. The van der Waals surface area contributed by atoms with Gasteiger partial charge in [-0.15, -0.1) is 11.3 Å². The van der Waals surface area contributed by atoms with Crippen molar-refractivity contribution < 1.29 is 9.59 Å². The zero-order valence-electron chi connectivity index (χ0n) is 15.6. The monoisotopic (exact) mass is 352 g/mol. The molecule has 2 N–H and O–H groups in total. The summed E-state index contributed by atoms with van der Waals surface area (Å²) in [6.45, 7) is 10.5. The summed E-state index contributed by atoms with van der Waals surface area (Å²) in [6.07, 6.45) is 3.18. The largest absolute Gasteiger partial charge is 0.356 e. The molecule has 0 bridgehead atoms. The predicted molar refractivity (Wildman–Crippen MR) is 101 cm³/mol. The summed E-state index contributed by atoms with van der Waals surface area (Å²) < 4.78 is 0. The summed E-state index contributed by atoms with van der Waals surface area (Å²) in [6, 6.07) is 4.22. The fourth-order valence-electron chi connectivity index (χ4n) is 2.61. The van der Waals surface area contributed by atoms with E-state index < -0.39 is 0 Å². The highest BCUT2D eigenvalue weighted by Crippen LogP contribution is 2.30. The molecule has 0 radical (unpaired) electrons. The van der Waals surface area contributed by atoms with E-state index in [-0.39, 0.29) is 23.3 Å². The van der Waals surface area contributed by atoms with Crippen molar-refractivity contribution >= 4 is 23.2 Å². The second-order valence-electron chi connectivity index (χ2n) is 7.25. The van der Waals surface area contributed by atoms with Crippen LogP contribution in [0.5, 0.6) is 0 Å². The molecule has 0 aliphatic heterocycles. The van der Waals surface area contributed by atoms with Gasteiger partial charge in [-0.05, 0) is 23.8 Å². The van der Waals surface area contributed by atoms with Crippen LogP contribution in [0.15, 0.2) is 17.5 Å². The molecule has 136 valence electrons. The Labute approximate surface area is 150 Å². The van der Waals surface area contributed by atoms with Crippen molar-refractivity contribution in [2.45, 2.75) is 66.3 Å². The zero-order chi connectivity index (χ0) is 18.2. The lowest BCUT2D eigenvalue weighted by Crippen LogP contribution is -2.36. The molecule has 0 saturated heterocycles. The highest BCUT2D eigenvalue weighted by molar-refractivity contribution is 7.10. The van der Waals surface area contributed by atoms with Crippen molar-refractivity contribution in [3.05, 3.63) is 22.4 Å². The smallest absolute Gasteiger partial charge is 0.225 e. The second kappa shape index (κ2) is 9.82. The van der Waals surface area contributed by atoms with Crippen molar-refractivity contribution in [1.82, 2.24) is 10.6 Å². The Hall–Kier alpha value is -1.36. The van der Waals surface area contributed by atoms with E-state index in [1.165, 1.54) is 4.88 Å². The van der Waals surface area contributed by atoms with Crippen molar-refractivity contribution in [1.29, 1.82) is 0 Å². The zero-order valence-corrected chi connectivity index (χ0v) is 16.5. The lowest BCUT2D eigenvalue weighted by atomic mass is 9.93. The molecule has 1 aromatic heterocycles. The first kappa shape index (κ1) is 20.7. The number of carbonyl (C=O) groups excluding carboxylic acids is 2. The fraction of sp³-hybridized carbons (Fsp3) is 0.684. The average Bonchev–Trinajstić information content (AvgIpc) is 3.04. The van der Waals surface area contributed by atoms with Crippen molar-refractivity contribution in [2.24, 2.45) is 11.3 Å². The van der Waals surface area contributed by atoms with E-state index >= 15 is 0 Å². The molecule has 0 aromatic carbocycles. The highest BCUT2D eigenvalue weighted by Gasteiger charge is 2.23. The van der Waals surface area contributed by atoms with Crippen LogP contribution >= 0.6 is 11.3 Å². The van der Waals surface area contributed by atoms with E-state index in [1.54, 1.807) is 11.3 Å². The molecule has 0 aliphatic carbocycles. The molecule has 0 saturated carbocycles. The maximum atomic E-state index is 12.3. The number of hydrogen-bond acceptors (Lipinski definition) is 3. The van der Waals surface area contributed by atoms with Crippen molar-refractivity contribution in [2.75, 3.05) is 6.54 Å². The minimum atomic E-state index is -0.387. The van der Waals surface area contributed by atoms with E-state index in [0.717, 1.165) is 12.8 Å². The van der Waals surface area contributed by atoms with Crippen molar-refractivity contribution in [3.63, 3.8) is 0 Å². The van der Waals surface area contributed by atoms with E-state index in [9.17, 15) is 9.59 Å². The lowest BCUT2D eigenvalue weighted by molar-refractivity contribution is -0.128. The summed E-state index contributed by atoms with van der Waals surface area (Å²) >= 11 is 1.70. The molecular formula is C19H32N2O2S. The van der Waals surface area contributed by atoms with Crippen LogP contribution in [0.25, 0.3) is 0 Å². The Morgan fingerprint density at radius 2 is 1.88 bits per heavy atom. The summed E-state index contributed by atoms with van der Waals surface area (Å²) in [5.41, 5.74) is -0.387. The number of hydrogen-bond donors (Lipinski definition) is 2. The summed E-state index contributed by atoms with van der Waals surface area (Å²) in [4.78, 5) is 25.3. The quantitative estimate of drug-likeness (QED) is 0.652. The van der Waals surface area contributed by atoms with Gasteiger partial charge < -0.3 is 10.6 Å². The Bertz CT molecular complexity index is 502. The normalized spacial score (nSPS) is 12.9. The Morgan fingerprint density at radius 1 is 1.21 bits per heavy atom. The molecule has 0 fully saturated rings. The van der Waals surface area contributed by atoms with Crippen LogP contribution < -0.4 is 10.6 Å². The number of thiophene rings is 1. The van der Waals surface area contributed by atoms with E-state index in [2.05, 4.69) is 35.9 Å². The number of rotatable bonds is 9. The number of carbonyl (C=O) groups is 2. The van der Waals surface area contributed by atoms with Gasteiger partial charge in [0.1, 0.15) is 0 Å².